The fraction of sp³-hybridized carbons (Fsp3) is 0.364. The monoisotopic (exact) mass is 429 g/mol. The molecule has 0 saturated carbocycles. The van der Waals surface area contributed by atoms with E-state index < -0.39 is 15.9 Å². The highest BCUT2D eigenvalue weighted by molar-refractivity contribution is 7.89. The second kappa shape index (κ2) is 10.4. The van der Waals surface area contributed by atoms with Gasteiger partial charge in [0.1, 0.15) is 0 Å². The smallest absolute Gasteiger partial charge is 0.252 e. The Labute approximate surface area is 177 Å². The van der Waals surface area contributed by atoms with Gasteiger partial charge in [-0.1, -0.05) is 48.9 Å². The Kier molecular flexibility index (Phi) is 7.59. The number of sulfonamides is 1. The molecule has 0 atom stereocenters. The predicted molar refractivity (Wildman–Crippen MR) is 115 cm³/mol. The SMILES string of the molecule is O=C(Cc1ccccc1)NCCNC(=O)c1ccccc1S(=O)(=O)N1CCCCC1. The highest BCUT2D eigenvalue weighted by Gasteiger charge is 2.29. The zero-order valence-corrected chi connectivity index (χ0v) is 17.7. The summed E-state index contributed by atoms with van der Waals surface area (Å²) < 4.78 is 27.4. The molecule has 0 radical (unpaired) electrons. The van der Waals surface area contributed by atoms with E-state index in [2.05, 4.69) is 10.6 Å². The molecular weight excluding hydrogens is 402 g/mol. The van der Waals surface area contributed by atoms with Crippen molar-refractivity contribution in [3.8, 4) is 0 Å². The molecule has 0 aromatic heterocycles. The summed E-state index contributed by atoms with van der Waals surface area (Å²) in [7, 11) is -3.71. The molecule has 0 aliphatic carbocycles. The highest BCUT2D eigenvalue weighted by atomic mass is 32.2. The maximum Gasteiger partial charge on any atom is 0.252 e. The molecule has 160 valence electrons. The number of nitrogens with zero attached hydrogens (tertiary/aromatic N) is 1. The van der Waals surface area contributed by atoms with E-state index in [4.69, 9.17) is 0 Å². The average Bonchev–Trinajstić information content (AvgIpc) is 2.78. The molecule has 1 heterocycles. The van der Waals surface area contributed by atoms with Crippen LogP contribution in [0.2, 0.25) is 0 Å². The molecule has 1 fully saturated rings. The van der Waals surface area contributed by atoms with Gasteiger partial charge in [0.2, 0.25) is 15.9 Å². The van der Waals surface area contributed by atoms with Gasteiger partial charge in [0.25, 0.3) is 5.91 Å². The van der Waals surface area contributed by atoms with Crippen molar-refractivity contribution in [2.24, 2.45) is 0 Å². The normalized spacial score (nSPS) is 14.8. The molecule has 2 aromatic carbocycles. The Morgan fingerprint density at radius 2 is 1.47 bits per heavy atom. The van der Waals surface area contributed by atoms with Gasteiger partial charge in [0.05, 0.1) is 16.9 Å². The van der Waals surface area contributed by atoms with E-state index >= 15 is 0 Å². The first-order chi connectivity index (χ1) is 14.5. The minimum atomic E-state index is -3.71. The van der Waals surface area contributed by atoms with E-state index in [9.17, 15) is 18.0 Å². The van der Waals surface area contributed by atoms with Crippen molar-refractivity contribution >= 4 is 21.8 Å². The lowest BCUT2D eigenvalue weighted by Crippen LogP contribution is -2.38. The van der Waals surface area contributed by atoms with E-state index in [0.29, 0.717) is 13.1 Å². The zero-order valence-electron chi connectivity index (χ0n) is 16.8. The van der Waals surface area contributed by atoms with Crippen LogP contribution in [0.25, 0.3) is 0 Å². The largest absolute Gasteiger partial charge is 0.354 e. The summed E-state index contributed by atoms with van der Waals surface area (Å²) in [5.41, 5.74) is 1.04. The first-order valence-corrected chi connectivity index (χ1v) is 11.6. The summed E-state index contributed by atoms with van der Waals surface area (Å²) in [6, 6.07) is 15.6. The van der Waals surface area contributed by atoms with Gasteiger partial charge in [-0.3, -0.25) is 9.59 Å². The standard InChI is InChI=1S/C22H27N3O4S/c26-21(17-18-9-3-1-4-10-18)23-13-14-24-22(27)19-11-5-6-12-20(19)30(28,29)25-15-7-2-8-16-25/h1,3-6,9-12H,2,7-8,13-17H2,(H,23,26)(H,24,27). The molecule has 0 unspecified atom stereocenters. The number of nitrogens with one attached hydrogen (secondary N) is 2. The van der Waals surface area contributed by atoms with Gasteiger partial charge >= 0.3 is 0 Å². The average molecular weight is 430 g/mol. The second-order valence-corrected chi connectivity index (χ2v) is 9.14. The van der Waals surface area contributed by atoms with E-state index in [-0.39, 0.29) is 35.9 Å². The van der Waals surface area contributed by atoms with Crippen LogP contribution < -0.4 is 10.6 Å². The third-order valence-corrected chi connectivity index (χ3v) is 6.96. The number of hydrogen-bond donors (Lipinski definition) is 2. The van der Waals surface area contributed by atoms with Crippen LogP contribution in [0.4, 0.5) is 0 Å². The van der Waals surface area contributed by atoms with Crippen molar-refractivity contribution in [1.82, 2.24) is 14.9 Å². The van der Waals surface area contributed by atoms with Crippen molar-refractivity contribution < 1.29 is 18.0 Å². The predicted octanol–water partition coefficient (Wildman–Crippen LogP) is 1.95. The molecule has 1 saturated heterocycles. The number of rotatable bonds is 8. The Hall–Kier alpha value is -2.71. The van der Waals surface area contributed by atoms with Crippen LogP contribution in [0.3, 0.4) is 0 Å². The van der Waals surface area contributed by atoms with E-state index in [1.807, 2.05) is 30.3 Å². The van der Waals surface area contributed by atoms with Crippen LogP contribution in [0.15, 0.2) is 59.5 Å². The molecule has 3 rings (SSSR count). The zero-order chi connectivity index (χ0) is 21.4. The summed E-state index contributed by atoms with van der Waals surface area (Å²) in [5.74, 6) is -0.605. The summed E-state index contributed by atoms with van der Waals surface area (Å²) in [6.07, 6.45) is 2.95. The number of piperidine rings is 1. The maximum absolute atomic E-state index is 13.0. The first-order valence-electron chi connectivity index (χ1n) is 10.2. The van der Waals surface area contributed by atoms with Crippen LogP contribution in [0.1, 0.15) is 35.2 Å². The molecule has 0 spiro atoms. The topological polar surface area (TPSA) is 95.6 Å². The Morgan fingerprint density at radius 3 is 2.20 bits per heavy atom. The summed E-state index contributed by atoms with van der Waals surface area (Å²) >= 11 is 0. The van der Waals surface area contributed by atoms with Crippen molar-refractivity contribution in [2.45, 2.75) is 30.6 Å². The lowest BCUT2D eigenvalue weighted by atomic mass is 10.1. The van der Waals surface area contributed by atoms with Crippen LogP contribution in [-0.4, -0.2) is 50.7 Å². The van der Waals surface area contributed by atoms with Crippen molar-refractivity contribution in [3.05, 3.63) is 65.7 Å². The third-order valence-electron chi connectivity index (χ3n) is 5.00. The van der Waals surface area contributed by atoms with Crippen molar-refractivity contribution in [1.29, 1.82) is 0 Å². The Balaban J connectivity index is 1.55. The van der Waals surface area contributed by atoms with Gasteiger partial charge < -0.3 is 10.6 Å². The first kappa shape index (κ1) is 22.0. The Bertz CT molecular complexity index is 971. The fourth-order valence-electron chi connectivity index (χ4n) is 3.44. The van der Waals surface area contributed by atoms with E-state index in [0.717, 1.165) is 24.8 Å². The summed E-state index contributed by atoms with van der Waals surface area (Å²) in [4.78, 5) is 24.6. The molecule has 8 heteroatoms. The quantitative estimate of drug-likeness (QED) is 0.627. The van der Waals surface area contributed by atoms with Crippen LogP contribution >= 0.6 is 0 Å². The van der Waals surface area contributed by atoms with Gasteiger partial charge in [-0.25, -0.2) is 8.42 Å². The highest BCUT2D eigenvalue weighted by Crippen LogP contribution is 2.23. The second-order valence-electron chi connectivity index (χ2n) is 7.23. The van der Waals surface area contributed by atoms with Gasteiger partial charge in [-0.05, 0) is 30.5 Å². The third kappa shape index (κ3) is 5.67. The molecule has 7 nitrogen and oxygen atoms in total. The molecule has 2 aromatic rings. The molecule has 30 heavy (non-hydrogen) atoms. The van der Waals surface area contributed by atoms with Crippen LogP contribution in [0.5, 0.6) is 0 Å². The molecule has 1 aliphatic rings. The van der Waals surface area contributed by atoms with Gasteiger partial charge in [-0.2, -0.15) is 4.31 Å². The molecule has 2 N–H and O–H groups in total. The lowest BCUT2D eigenvalue weighted by Gasteiger charge is -2.26. The summed E-state index contributed by atoms with van der Waals surface area (Å²) in [5, 5.41) is 5.45. The lowest BCUT2D eigenvalue weighted by molar-refractivity contribution is -0.120. The number of benzene rings is 2. The number of carbonyl (C=O) groups excluding carboxylic acids is 2. The number of carbonyl (C=O) groups is 2. The van der Waals surface area contributed by atoms with Gasteiger partial charge in [0.15, 0.2) is 0 Å². The molecule has 0 bridgehead atoms. The van der Waals surface area contributed by atoms with Crippen LogP contribution in [0, 0.1) is 0 Å². The van der Waals surface area contributed by atoms with Crippen molar-refractivity contribution in [3.63, 3.8) is 0 Å². The van der Waals surface area contributed by atoms with Crippen LogP contribution in [-0.2, 0) is 21.2 Å². The fourth-order valence-corrected chi connectivity index (χ4v) is 5.15. The van der Waals surface area contributed by atoms with Gasteiger partial charge in [-0.15, -0.1) is 0 Å². The molecule has 2 amide bonds. The number of amides is 2. The van der Waals surface area contributed by atoms with Gasteiger partial charge in [0, 0.05) is 26.2 Å². The van der Waals surface area contributed by atoms with Crippen molar-refractivity contribution in [2.75, 3.05) is 26.2 Å². The number of hydrogen-bond acceptors (Lipinski definition) is 4. The molecule has 1 aliphatic heterocycles. The molecular formula is C22H27N3O4S. The summed E-state index contributed by atoms with van der Waals surface area (Å²) in [6.45, 7) is 1.42. The Morgan fingerprint density at radius 1 is 0.833 bits per heavy atom. The minimum Gasteiger partial charge on any atom is -0.354 e. The minimum absolute atomic E-state index is 0.0255. The van der Waals surface area contributed by atoms with E-state index in [1.165, 1.54) is 16.4 Å². The maximum atomic E-state index is 13.0. The van der Waals surface area contributed by atoms with E-state index in [1.54, 1.807) is 12.1 Å².